The van der Waals surface area contributed by atoms with Gasteiger partial charge in [0, 0.05) is 38.3 Å². The SMILES string of the molecule is O=C(CCc1ccc(F)cc1)N1CCN(c2cccc(C(F)(F)F)c2)CC1. The number of benzene rings is 2. The van der Waals surface area contributed by atoms with Crippen LogP contribution in [0.1, 0.15) is 17.5 Å². The summed E-state index contributed by atoms with van der Waals surface area (Å²) in [6.45, 7) is 1.92. The molecule has 7 heteroatoms. The summed E-state index contributed by atoms with van der Waals surface area (Å²) in [6, 6.07) is 11.3. The van der Waals surface area contributed by atoms with Crippen LogP contribution >= 0.6 is 0 Å². The second-order valence-electron chi connectivity index (χ2n) is 6.54. The van der Waals surface area contributed by atoms with Gasteiger partial charge in [-0.05, 0) is 42.3 Å². The number of halogens is 4. The van der Waals surface area contributed by atoms with E-state index < -0.39 is 11.7 Å². The fraction of sp³-hybridized carbons (Fsp3) is 0.350. The van der Waals surface area contributed by atoms with Crippen molar-refractivity contribution in [1.82, 2.24) is 4.90 Å². The van der Waals surface area contributed by atoms with Gasteiger partial charge in [-0.25, -0.2) is 4.39 Å². The van der Waals surface area contributed by atoms with Gasteiger partial charge in [-0.1, -0.05) is 18.2 Å². The Kier molecular flexibility index (Phi) is 5.68. The summed E-state index contributed by atoms with van der Waals surface area (Å²) in [7, 11) is 0. The Morgan fingerprint density at radius 2 is 1.63 bits per heavy atom. The molecule has 1 amide bonds. The second-order valence-corrected chi connectivity index (χ2v) is 6.54. The van der Waals surface area contributed by atoms with Crippen LogP contribution in [0.2, 0.25) is 0 Å². The van der Waals surface area contributed by atoms with Crippen molar-refractivity contribution in [1.29, 1.82) is 0 Å². The summed E-state index contributed by atoms with van der Waals surface area (Å²) in [5.74, 6) is -0.307. The van der Waals surface area contributed by atoms with Crippen LogP contribution in [0.3, 0.4) is 0 Å². The van der Waals surface area contributed by atoms with Crippen LogP contribution in [0.15, 0.2) is 48.5 Å². The molecule has 144 valence electrons. The Balaban J connectivity index is 1.52. The van der Waals surface area contributed by atoms with E-state index in [9.17, 15) is 22.4 Å². The molecule has 2 aromatic rings. The van der Waals surface area contributed by atoms with Gasteiger partial charge in [-0.2, -0.15) is 13.2 Å². The van der Waals surface area contributed by atoms with Gasteiger partial charge >= 0.3 is 6.18 Å². The molecule has 2 aromatic carbocycles. The van der Waals surface area contributed by atoms with Gasteiger partial charge in [0.2, 0.25) is 5.91 Å². The zero-order chi connectivity index (χ0) is 19.4. The fourth-order valence-electron chi connectivity index (χ4n) is 3.15. The average Bonchev–Trinajstić information content (AvgIpc) is 2.67. The first-order valence-corrected chi connectivity index (χ1v) is 8.77. The van der Waals surface area contributed by atoms with Crippen molar-refractivity contribution in [3.05, 3.63) is 65.5 Å². The van der Waals surface area contributed by atoms with Crippen molar-refractivity contribution >= 4 is 11.6 Å². The lowest BCUT2D eigenvalue weighted by atomic mass is 10.1. The van der Waals surface area contributed by atoms with E-state index in [0.29, 0.717) is 44.7 Å². The van der Waals surface area contributed by atoms with Gasteiger partial charge in [0.15, 0.2) is 0 Å². The molecule has 0 N–H and O–H groups in total. The van der Waals surface area contributed by atoms with Gasteiger partial charge in [0.05, 0.1) is 5.56 Å². The molecule has 1 saturated heterocycles. The molecule has 0 unspecified atom stereocenters. The lowest BCUT2D eigenvalue weighted by Crippen LogP contribution is -2.48. The van der Waals surface area contributed by atoms with Crippen LogP contribution in [0.4, 0.5) is 23.2 Å². The average molecular weight is 380 g/mol. The molecule has 0 saturated carbocycles. The molecule has 0 aromatic heterocycles. The number of rotatable bonds is 4. The standard InChI is InChI=1S/C20H20F4N2O/c21-17-7-4-15(5-8-17)6-9-19(27)26-12-10-25(11-13-26)18-3-1-2-16(14-18)20(22,23)24/h1-5,7-8,14H,6,9-13H2. The Hall–Kier alpha value is -2.57. The molecule has 1 aliphatic rings. The quantitative estimate of drug-likeness (QED) is 0.745. The lowest BCUT2D eigenvalue weighted by molar-refractivity contribution is -0.137. The lowest BCUT2D eigenvalue weighted by Gasteiger charge is -2.36. The molecule has 0 atom stereocenters. The van der Waals surface area contributed by atoms with Crippen LogP contribution in [-0.2, 0) is 17.4 Å². The Bertz CT molecular complexity index is 781. The third-order valence-electron chi connectivity index (χ3n) is 4.71. The summed E-state index contributed by atoms with van der Waals surface area (Å²) in [5, 5.41) is 0. The van der Waals surface area contributed by atoms with Gasteiger partial charge < -0.3 is 9.80 Å². The predicted octanol–water partition coefficient (Wildman–Crippen LogP) is 4.13. The maximum Gasteiger partial charge on any atom is 0.416 e. The van der Waals surface area contributed by atoms with Crippen molar-refractivity contribution < 1.29 is 22.4 Å². The number of amides is 1. The van der Waals surface area contributed by atoms with Crippen molar-refractivity contribution in [2.24, 2.45) is 0 Å². The zero-order valence-corrected chi connectivity index (χ0v) is 14.7. The molecule has 0 spiro atoms. The van der Waals surface area contributed by atoms with Gasteiger partial charge in [0.1, 0.15) is 5.82 Å². The van der Waals surface area contributed by atoms with Gasteiger partial charge in [0.25, 0.3) is 0 Å². The van der Waals surface area contributed by atoms with E-state index >= 15 is 0 Å². The molecule has 1 heterocycles. The highest BCUT2D eigenvalue weighted by Crippen LogP contribution is 2.31. The third kappa shape index (κ3) is 4.99. The van der Waals surface area contributed by atoms with Gasteiger partial charge in [-0.3, -0.25) is 4.79 Å². The monoisotopic (exact) mass is 380 g/mol. The highest BCUT2D eigenvalue weighted by Gasteiger charge is 2.31. The van der Waals surface area contributed by atoms with E-state index in [1.165, 1.54) is 18.2 Å². The highest BCUT2D eigenvalue weighted by atomic mass is 19.4. The van der Waals surface area contributed by atoms with Crippen molar-refractivity contribution in [3.63, 3.8) is 0 Å². The maximum absolute atomic E-state index is 12.9. The summed E-state index contributed by atoms with van der Waals surface area (Å²) >= 11 is 0. The van der Waals surface area contributed by atoms with Crippen LogP contribution in [0, 0.1) is 5.82 Å². The Morgan fingerprint density at radius 3 is 2.26 bits per heavy atom. The first-order chi connectivity index (χ1) is 12.8. The second kappa shape index (κ2) is 7.98. The van der Waals surface area contributed by atoms with E-state index in [1.54, 1.807) is 23.1 Å². The highest BCUT2D eigenvalue weighted by molar-refractivity contribution is 5.76. The summed E-state index contributed by atoms with van der Waals surface area (Å²) in [5.41, 5.74) is 0.744. The number of anilines is 1. The number of aryl methyl sites for hydroxylation is 1. The smallest absolute Gasteiger partial charge is 0.368 e. The van der Waals surface area contributed by atoms with E-state index in [0.717, 1.165) is 17.7 Å². The van der Waals surface area contributed by atoms with Crippen LogP contribution < -0.4 is 4.90 Å². The Morgan fingerprint density at radius 1 is 0.963 bits per heavy atom. The fourth-order valence-corrected chi connectivity index (χ4v) is 3.15. The number of carbonyl (C=O) groups is 1. The van der Waals surface area contributed by atoms with Crippen LogP contribution in [0.5, 0.6) is 0 Å². The molecular formula is C20H20F4N2O. The topological polar surface area (TPSA) is 23.6 Å². The number of hydrogen-bond donors (Lipinski definition) is 0. The zero-order valence-electron chi connectivity index (χ0n) is 14.7. The molecule has 1 aliphatic heterocycles. The first kappa shape index (κ1) is 19.2. The van der Waals surface area contributed by atoms with E-state index in [-0.39, 0.29) is 11.7 Å². The molecule has 3 rings (SSSR count). The normalized spacial score (nSPS) is 15.1. The molecule has 0 aliphatic carbocycles. The van der Waals surface area contributed by atoms with Crippen LogP contribution in [0.25, 0.3) is 0 Å². The molecule has 0 bridgehead atoms. The third-order valence-corrected chi connectivity index (χ3v) is 4.71. The number of nitrogens with zero attached hydrogens (tertiary/aromatic N) is 2. The van der Waals surface area contributed by atoms with Gasteiger partial charge in [-0.15, -0.1) is 0 Å². The van der Waals surface area contributed by atoms with Crippen molar-refractivity contribution in [2.45, 2.75) is 19.0 Å². The molecule has 27 heavy (non-hydrogen) atoms. The minimum absolute atomic E-state index is 0.00279. The Labute approximate surface area is 155 Å². The van der Waals surface area contributed by atoms with Crippen LogP contribution in [-0.4, -0.2) is 37.0 Å². The van der Waals surface area contributed by atoms with Crippen molar-refractivity contribution in [2.75, 3.05) is 31.1 Å². The minimum atomic E-state index is -4.37. The largest absolute Gasteiger partial charge is 0.416 e. The molecule has 3 nitrogen and oxygen atoms in total. The first-order valence-electron chi connectivity index (χ1n) is 8.77. The summed E-state index contributed by atoms with van der Waals surface area (Å²) in [6.07, 6.45) is -3.50. The molecule has 1 fully saturated rings. The minimum Gasteiger partial charge on any atom is -0.368 e. The van der Waals surface area contributed by atoms with E-state index in [4.69, 9.17) is 0 Å². The number of piperazine rings is 1. The van der Waals surface area contributed by atoms with E-state index in [2.05, 4.69) is 0 Å². The predicted molar refractivity (Wildman–Crippen MR) is 95.0 cm³/mol. The summed E-state index contributed by atoms with van der Waals surface area (Å²) < 4.78 is 51.5. The van der Waals surface area contributed by atoms with E-state index in [1.807, 2.05) is 4.90 Å². The number of hydrogen-bond acceptors (Lipinski definition) is 2. The maximum atomic E-state index is 12.9. The summed E-state index contributed by atoms with van der Waals surface area (Å²) in [4.78, 5) is 15.9. The number of carbonyl (C=O) groups excluding carboxylic acids is 1. The molecule has 0 radical (unpaired) electrons. The molecular weight excluding hydrogens is 360 g/mol. The number of alkyl halides is 3. The van der Waals surface area contributed by atoms with Crippen molar-refractivity contribution in [3.8, 4) is 0 Å².